The van der Waals surface area contributed by atoms with Crippen molar-refractivity contribution in [2.24, 2.45) is 5.92 Å². The van der Waals surface area contributed by atoms with E-state index >= 15 is 0 Å². The Labute approximate surface area is 115 Å². The number of carbonyl (C=O) groups is 1. The van der Waals surface area contributed by atoms with E-state index in [-0.39, 0.29) is 11.8 Å². The van der Waals surface area contributed by atoms with Crippen molar-refractivity contribution in [2.75, 3.05) is 25.9 Å². The fraction of sp³-hybridized carbons (Fsp3) is 0.929. The molecule has 1 saturated carbocycles. The molecule has 2 N–H and O–H groups in total. The maximum Gasteiger partial charge on any atom is 0.223 e. The van der Waals surface area contributed by atoms with Crippen LogP contribution in [0.2, 0.25) is 0 Å². The Bertz CT molecular complexity index is 271. The van der Waals surface area contributed by atoms with Crippen molar-refractivity contribution >= 4 is 17.7 Å². The number of nitrogens with one attached hydrogen (secondary N) is 2. The number of rotatable bonds is 4. The second-order valence-corrected chi connectivity index (χ2v) is 6.96. The summed E-state index contributed by atoms with van der Waals surface area (Å²) in [4.78, 5) is 12.2. The number of amides is 1. The molecule has 0 aromatic heterocycles. The highest BCUT2D eigenvalue weighted by Gasteiger charge is 2.32. The van der Waals surface area contributed by atoms with Crippen LogP contribution in [0.4, 0.5) is 0 Å². The van der Waals surface area contributed by atoms with E-state index in [1.165, 1.54) is 32.1 Å². The lowest BCUT2D eigenvalue weighted by Crippen LogP contribution is -2.45. The van der Waals surface area contributed by atoms with Gasteiger partial charge in [-0.25, -0.2) is 0 Å². The summed E-state index contributed by atoms with van der Waals surface area (Å²) in [6, 6.07) is 0. The van der Waals surface area contributed by atoms with Crippen LogP contribution < -0.4 is 10.6 Å². The molecule has 0 spiro atoms. The molecule has 2 aliphatic rings. The number of carbonyl (C=O) groups excluding carboxylic acids is 1. The van der Waals surface area contributed by atoms with Gasteiger partial charge in [0.2, 0.25) is 5.91 Å². The molecule has 0 aromatic rings. The maximum absolute atomic E-state index is 12.2. The van der Waals surface area contributed by atoms with Gasteiger partial charge in [0, 0.05) is 17.2 Å². The summed E-state index contributed by atoms with van der Waals surface area (Å²) in [5.74, 6) is 0.532. The van der Waals surface area contributed by atoms with E-state index in [4.69, 9.17) is 0 Å². The summed E-state index contributed by atoms with van der Waals surface area (Å²) in [6.07, 6.45) is 10.7. The lowest BCUT2D eigenvalue weighted by atomic mass is 9.88. The standard InChI is InChI=1S/C14H26N2OS/c1-18-14(7-3-2-4-8-14)11-16-13(17)12-5-9-15-10-6-12/h12,15H,2-11H2,1H3,(H,16,17). The second kappa shape index (κ2) is 6.80. The van der Waals surface area contributed by atoms with Crippen molar-refractivity contribution in [3.8, 4) is 0 Å². The molecule has 1 aliphatic heterocycles. The van der Waals surface area contributed by atoms with Crippen LogP contribution >= 0.6 is 11.8 Å². The Balaban J connectivity index is 1.79. The molecule has 4 heteroatoms. The first-order chi connectivity index (χ1) is 8.76. The first-order valence-corrected chi connectivity index (χ1v) is 8.52. The van der Waals surface area contributed by atoms with Crippen molar-refractivity contribution in [3.63, 3.8) is 0 Å². The van der Waals surface area contributed by atoms with Crippen molar-refractivity contribution in [3.05, 3.63) is 0 Å². The molecule has 2 fully saturated rings. The van der Waals surface area contributed by atoms with Gasteiger partial charge in [-0.1, -0.05) is 19.3 Å². The van der Waals surface area contributed by atoms with Gasteiger partial charge >= 0.3 is 0 Å². The van der Waals surface area contributed by atoms with Crippen LogP contribution in [0.15, 0.2) is 0 Å². The van der Waals surface area contributed by atoms with Gasteiger partial charge in [0.05, 0.1) is 0 Å². The number of thioether (sulfide) groups is 1. The summed E-state index contributed by atoms with van der Waals surface area (Å²) < 4.78 is 0.320. The molecule has 1 aliphatic carbocycles. The van der Waals surface area contributed by atoms with Gasteiger partial charge in [-0.2, -0.15) is 11.8 Å². The molecule has 1 amide bonds. The quantitative estimate of drug-likeness (QED) is 0.822. The van der Waals surface area contributed by atoms with Gasteiger partial charge in [0.15, 0.2) is 0 Å². The lowest BCUT2D eigenvalue weighted by Gasteiger charge is -2.36. The molecular weight excluding hydrogens is 244 g/mol. The van der Waals surface area contributed by atoms with Crippen LogP contribution in [0, 0.1) is 5.92 Å². The largest absolute Gasteiger partial charge is 0.354 e. The highest BCUT2D eigenvalue weighted by Crippen LogP contribution is 2.38. The predicted molar refractivity (Wildman–Crippen MR) is 77.9 cm³/mol. The summed E-state index contributed by atoms with van der Waals surface area (Å²) in [7, 11) is 0. The highest BCUT2D eigenvalue weighted by atomic mass is 32.2. The Morgan fingerprint density at radius 1 is 1.28 bits per heavy atom. The van der Waals surface area contributed by atoms with Gasteiger partial charge in [-0.15, -0.1) is 0 Å². The Kier molecular flexibility index (Phi) is 5.37. The van der Waals surface area contributed by atoms with Crippen LogP contribution in [0.25, 0.3) is 0 Å². The van der Waals surface area contributed by atoms with E-state index in [0.717, 1.165) is 32.5 Å². The molecule has 104 valence electrons. The van der Waals surface area contributed by atoms with E-state index in [9.17, 15) is 4.79 Å². The van der Waals surface area contributed by atoms with E-state index in [2.05, 4.69) is 16.9 Å². The molecule has 0 radical (unpaired) electrons. The van der Waals surface area contributed by atoms with Crippen LogP contribution in [-0.2, 0) is 4.79 Å². The smallest absolute Gasteiger partial charge is 0.223 e. The van der Waals surface area contributed by atoms with Crippen molar-refractivity contribution in [1.29, 1.82) is 0 Å². The zero-order chi connectivity index (χ0) is 12.8. The molecule has 0 unspecified atom stereocenters. The molecule has 2 rings (SSSR count). The molecule has 0 atom stereocenters. The summed E-state index contributed by atoms with van der Waals surface area (Å²) in [5.41, 5.74) is 0. The number of hydrogen-bond donors (Lipinski definition) is 2. The van der Waals surface area contributed by atoms with Gasteiger partial charge in [-0.3, -0.25) is 4.79 Å². The van der Waals surface area contributed by atoms with Crippen molar-refractivity contribution in [1.82, 2.24) is 10.6 Å². The van der Waals surface area contributed by atoms with E-state index < -0.39 is 0 Å². The minimum Gasteiger partial charge on any atom is -0.354 e. The summed E-state index contributed by atoms with van der Waals surface area (Å²) in [5, 5.41) is 6.54. The topological polar surface area (TPSA) is 41.1 Å². The van der Waals surface area contributed by atoms with Crippen molar-refractivity contribution in [2.45, 2.75) is 49.7 Å². The Morgan fingerprint density at radius 2 is 1.94 bits per heavy atom. The lowest BCUT2D eigenvalue weighted by molar-refractivity contribution is -0.125. The normalized spacial score (nSPS) is 24.7. The summed E-state index contributed by atoms with van der Waals surface area (Å²) >= 11 is 1.95. The molecule has 18 heavy (non-hydrogen) atoms. The second-order valence-electron chi connectivity index (χ2n) is 5.69. The van der Waals surface area contributed by atoms with E-state index in [1.807, 2.05) is 11.8 Å². The zero-order valence-corrected chi connectivity index (χ0v) is 12.3. The summed E-state index contributed by atoms with van der Waals surface area (Å²) in [6.45, 7) is 2.86. The molecule has 1 heterocycles. The zero-order valence-electron chi connectivity index (χ0n) is 11.5. The molecular formula is C14H26N2OS. The molecule has 0 aromatic carbocycles. The number of piperidine rings is 1. The fourth-order valence-electron chi connectivity index (χ4n) is 3.13. The van der Waals surface area contributed by atoms with Crippen molar-refractivity contribution < 1.29 is 4.79 Å². The molecule has 0 bridgehead atoms. The third-order valence-electron chi connectivity index (χ3n) is 4.49. The van der Waals surface area contributed by atoms with Gasteiger partial charge in [0.25, 0.3) is 0 Å². The maximum atomic E-state index is 12.2. The van der Waals surface area contributed by atoms with E-state index in [1.54, 1.807) is 0 Å². The van der Waals surface area contributed by atoms with Gasteiger partial charge in [0.1, 0.15) is 0 Å². The van der Waals surface area contributed by atoms with Crippen LogP contribution in [0.5, 0.6) is 0 Å². The van der Waals surface area contributed by atoms with Crippen LogP contribution in [0.1, 0.15) is 44.9 Å². The average Bonchev–Trinajstić information content (AvgIpc) is 2.47. The third-order valence-corrected chi connectivity index (χ3v) is 5.91. The van der Waals surface area contributed by atoms with E-state index in [0.29, 0.717) is 4.75 Å². The minimum atomic E-state index is 0.244. The third kappa shape index (κ3) is 3.64. The number of hydrogen-bond acceptors (Lipinski definition) is 3. The van der Waals surface area contributed by atoms with Gasteiger partial charge in [-0.05, 0) is 45.0 Å². The minimum absolute atomic E-state index is 0.244. The van der Waals surface area contributed by atoms with Crippen LogP contribution in [0.3, 0.4) is 0 Å². The molecule has 1 saturated heterocycles. The first kappa shape index (κ1) is 14.2. The fourth-order valence-corrected chi connectivity index (χ4v) is 4.04. The Morgan fingerprint density at radius 3 is 2.56 bits per heavy atom. The highest BCUT2D eigenvalue weighted by molar-refractivity contribution is 8.00. The Hall–Kier alpha value is -0.220. The SMILES string of the molecule is CSC1(CNC(=O)C2CCNCC2)CCCCC1. The first-order valence-electron chi connectivity index (χ1n) is 7.29. The van der Waals surface area contributed by atoms with Gasteiger partial charge < -0.3 is 10.6 Å². The van der Waals surface area contributed by atoms with Crippen LogP contribution in [-0.4, -0.2) is 36.5 Å². The monoisotopic (exact) mass is 270 g/mol. The average molecular weight is 270 g/mol. The molecule has 3 nitrogen and oxygen atoms in total. The predicted octanol–water partition coefficient (Wildman–Crippen LogP) is 2.17.